The van der Waals surface area contributed by atoms with Gasteiger partial charge in [0.2, 0.25) is 5.91 Å². The van der Waals surface area contributed by atoms with Crippen LogP contribution in [0.4, 0.5) is 0 Å². The van der Waals surface area contributed by atoms with E-state index in [9.17, 15) is 4.79 Å². The summed E-state index contributed by atoms with van der Waals surface area (Å²) < 4.78 is 2.02. The molecule has 3 heterocycles. The van der Waals surface area contributed by atoms with Crippen LogP contribution in [0, 0.1) is 0 Å². The van der Waals surface area contributed by atoms with Gasteiger partial charge in [-0.15, -0.1) is 0 Å². The van der Waals surface area contributed by atoms with Crippen molar-refractivity contribution in [1.29, 1.82) is 0 Å². The van der Waals surface area contributed by atoms with Gasteiger partial charge in [-0.3, -0.25) is 14.4 Å². The second-order valence-electron chi connectivity index (χ2n) is 6.54. The summed E-state index contributed by atoms with van der Waals surface area (Å²) in [5.41, 5.74) is 2.23. The topological polar surface area (TPSA) is 78.8 Å². The van der Waals surface area contributed by atoms with Crippen molar-refractivity contribution in [3.05, 3.63) is 35.7 Å². The van der Waals surface area contributed by atoms with Crippen molar-refractivity contribution in [2.45, 2.75) is 52.2 Å². The Morgan fingerprint density at radius 3 is 3.12 bits per heavy atom. The van der Waals surface area contributed by atoms with Crippen LogP contribution in [0.15, 0.2) is 18.6 Å². The Bertz CT molecular complexity index is 676. The molecule has 1 fully saturated rings. The van der Waals surface area contributed by atoms with E-state index in [0.717, 1.165) is 50.5 Å². The molecule has 2 aromatic heterocycles. The lowest BCUT2D eigenvalue weighted by Gasteiger charge is -2.14. The Kier molecular flexibility index (Phi) is 5.30. The summed E-state index contributed by atoms with van der Waals surface area (Å²) in [6, 6.07) is 0. The Morgan fingerprint density at radius 2 is 2.33 bits per heavy atom. The number of carbonyl (C=O) groups excluding carboxylic acids is 1. The number of imidazole rings is 1. The first-order chi connectivity index (χ1) is 11.6. The molecule has 0 aromatic carbocycles. The molecule has 3 rings (SSSR count). The third-order valence-electron chi connectivity index (χ3n) is 4.38. The highest BCUT2D eigenvalue weighted by Crippen LogP contribution is 2.26. The average molecular weight is 330 g/mol. The molecule has 0 radical (unpaired) electrons. The van der Waals surface area contributed by atoms with Crippen molar-refractivity contribution < 1.29 is 4.79 Å². The van der Waals surface area contributed by atoms with Crippen molar-refractivity contribution in [2.24, 2.45) is 0 Å². The van der Waals surface area contributed by atoms with Crippen LogP contribution in [-0.2, 0) is 24.4 Å². The van der Waals surface area contributed by atoms with Crippen molar-refractivity contribution in [3.8, 4) is 0 Å². The Balaban J connectivity index is 1.52. The molecular weight excluding hydrogens is 304 g/mol. The largest absolute Gasteiger partial charge is 0.351 e. The summed E-state index contributed by atoms with van der Waals surface area (Å²) in [6.45, 7) is 8.20. The van der Waals surface area contributed by atoms with Gasteiger partial charge in [0.15, 0.2) is 0 Å². The molecule has 7 nitrogen and oxygen atoms in total. The highest BCUT2D eigenvalue weighted by Gasteiger charge is 2.26. The summed E-state index contributed by atoms with van der Waals surface area (Å²) in [4.78, 5) is 21.3. The lowest BCUT2D eigenvalue weighted by molar-refractivity contribution is -0.119. The number of aromatic amines is 1. The molecule has 1 aliphatic heterocycles. The number of aryl methyl sites for hydroxylation is 1. The smallest absolute Gasteiger partial charge is 0.217 e. The predicted octanol–water partition coefficient (Wildman–Crippen LogP) is 1.64. The van der Waals surface area contributed by atoms with E-state index in [2.05, 4.69) is 38.4 Å². The third-order valence-corrected chi connectivity index (χ3v) is 4.38. The van der Waals surface area contributed by atoms with Crippen LogP contribution in [-0.4, -0.2) is 43.6 Å². The van der Waals surface area contributed by atoms with Gasteiger partial charge in [-0.2, -0.15) is 5.10 Å². The van der Waals surface area contributed by atoms with E-state index in [4.69, 9.17) is 0 Å². The molecule has 1 aliphatic rings. The maximum absolute atomic E-state index is 11.0. The third kappa shape index (κ3) is 4.23. The SMILES string of the molecule is CCCn1cc(CN2CC[C@H](c3ncc(CNC(C)=O)[nH]3)C2)cn1. The summed E-state index contributed by atoms with van der Waals surface area (Å²) in [6.07, 6.45) is 8.15. The number of rotatable bonds is 7. The number of hydrogen-bond acceptors (Lipinski definition) is 4. The molecule has 0 unspecified atom stereocenters. The number of nitrogens with zero attached hydrogens (tertiary/aromatic N) is 4. The average Bonchev–Trinajstić information content (AvgIpc) is 3.27. The molecule has 0 bridgehead atoms. The first-order valence-electron chi connectivity index (χ1n) is 8.66. The zero-order valence-corrected chi connectivity index (χ0v) is 14.5. The van der Waals surface area contributed by atoms with Gasteiger partial charge in [-0.25, -0.2) is 4.98 Å². The van der Waals surface area contributed by atoms with E-state index in [1.54, 1.807) is 0 Å². The number of likely N-dealkylation sites (tertiary alicyclic amines) is 1. The second-order valence-corrected chi connectivity index (χ2v) is 6.54. The predicted molar refractivity (Wildman–Crippen MR) is 91.3 cm³/mol. The number of aromatic nitrogens is 4. The summed E-state index contributed by atoms with van der Waals surface area (Å²) in [5, 5.41) is 7.19. The minimum absolute atomic E-state index is 0.0261. The Labute approximate surface area is 142 Å². The summed E-state index contributed by atoms with van der Waals surface area (Å²) >= 11 is 0. The maximum atomic E-state index is 11.0. The van der Waals surface area contributed by atoms with Crippen molar-refractivity contribution in [1.82, 2.24) is 30.0 Å². The van der Waals surface area contributed by atoms with E-state index in [1.165, 1.54) is 12.5 Å². The number of H-pyrrole nitrogens is 1. The Hall–Kier alpha value is -2.15. The second kappa shape index (κ2) is 7.61. The maximum Gasteiger partial charge on any atom is 0.217 e. The molecule has 1 saturated heterocycles. The monoisotopic (exact) mass is 330 g/mol. The minimum atomic E-state index is -0.0261. The van der Waals surface area contributed by atoms with E-state index in [-0.39, 0.29) is 5.91 Å². The van der Waals surface area contributed by atoms with Crippen LogP contribution in [0.1, 0.15) is 49.7 Å². The fourth-order valence-corrected chi connectivity index (χ4v) is 3.19. The molecule has 7 heteroatoms. The standard InChI is InChI=1S/C17H26N6O/c1-3-5-23-11-14(7-20-23)10-22-6-4-15(12-22)17-19-9-16(21-17)8-18-13(2)24/h7,9,11,15H,3-6,8,10,12H2,1-2H3,(H,18,24)(H,19,21)/t15-/m0/s1. The van der Waals surface area contributed by atoms with Crippen LogP contribution >= 0.6 is 0 Å². The molecule has 2 aromatic rings. The van der Waals surface area contributed by atoms with E-state index in [0.29, 0.717) is 12.5 Å². The van der Waals surface area contributed by atoms with Crippen LogP contribution in [0.3, 0.4) is 0 Å². The van der Waals surface area contributed by atoms with Gasteiger partial charge in [-0.1, -0.05) is 6.92 Å². The van der Waals surface area contributed by atoms with Crippen LogP contribution in [0.5, 0.6) is 0 Å². The lowest BCUT2D eigenvalue weighted by atomic mass is 10.1. The molecule has 130 valence electrons. The summed E-state index contributed by atoms with van der Waals surface area (Å²) in [7, 11) is 0. The minimum Gasteiger partial charge on any atom is -0.351 e. The van der Waals surface area contributed by atoms with Crippen LogP contribution in [0.2, 0.25) is 0 Å². The van der Waals surface area contributed by atoms with Gasteiger partial charge in [-0.05, 0) is 19.4 Å². The molecule has 0 aliphatic carbocycles. The Morgan fingerprint density at radius 1 is 1.46 bits per heavy atom. The van der Waals surface area contributed by atoms with Gasteiger partial charge >= 0.3 is 0 Å². The zero-order chi connectivity index (χ0) is 16.9. The van der Waals surface area contributed by atoms with Crippen molar-refractivity contribution in [3.63, 3.8) is 0 Å². The van der Waals surface area contributed by atoms with E-state index in [1.807, 2.05) is 17.1 Å². The molecule has 2 N–H and O–H groups in total. The zero-order valence-electron chi connectivity index (χ0n) is 14.5. The number of carbonyl (C=O) groups is 1. The van der Waals surface area contributed by atoms with Crippen molar-refractivity contribution >= 4 is 5.91 Å². The van der Waals surface area contributed by atoms with E-state index >= 15 is 0 Å². The normalized spacial score (nSPS) is 18.2. The molecule has 1 amide bonds. The fraction of sp³-hybridized carbons (Fsp3) is 0.588. The van der Waals surface area contributed by atoms with Crippen LogP contribution < -0.4 is 5.32 Å². The summed E-state index contributed by atoms with van der Waals surface area (Å²) in [5.74, 6) is 1.43. The first kappa shape index (κ1) is 16.7. The number of amides is 1. The van der Waals surface area contributed by atoms with Gasteiger partial charge in [0.1, 0.15) is 5.82 Å². The highest BCUT2D eigenvalue weighted by atomic mass is 16.1. The quantitative estimate of drug-likeness (QED) is 0.809. The number of hydrogen-bond donors (Lipinski definition) is 2. The molecule has 0 spiro atoms. The number of nitrogens with one attached hydrogen (secondary N) is 2. The van der Waals surface area contributed by atoms with E-state index < -0.39 is 0 Å². The molecule has 0 saturated carbocycles. The fourth-order valence-electron chi connectivity index (χ4n) is 3.19. The van der Waals surface area contributed by atoms with Gasteiger partial charge in [0, 0.05) is 44.2 Å². The molecule has 24 heavy (non-hydrogen) atoms. The van der Waals surface area contributed by atoms with Gasteiger partial charge in [0.25, 0.3) is 0 Å². The van der Waals surface area contributed by atoms with Crippen molar-refractivity contribution in [2.75, 3.05) is 13.1 Å². The molecule has 1 atom stereocenters. The lowest BCUT2D eigenvalue weighted by Crippen LogP contribution is -2.20. The highest BCUT2D eigenvalue weighted by molar-refractivity contribution is 5.72. The first-order valence-corrected chi connectivity index (χ1v) is 8.66. The van der Waals surface area contributed by atoms with Crippen LogP contribution in [0.25, 0.3) is 0 Å². The van der Waals surface area contributed by atoms with Gasteiger partial charge in [0.05, 0.1) is 24.6 Å². The molecular formula is C17H26N6O. The van der Waals surface area contributed by atoms with Gasteiger partial charge < -0.3 is 10.3 Å².